The highest BCUT2D eigenvalue weighted by Gasteiger charge is 2.25. The van der Waals surface area contributed by atoms with Gasteiger partial charge in [-0.05, 0) is 19.1 Å². The van der Waals surface area contributed by atoms with Gasteiger partial charge in [0.25, 0.3) is 5.56 Å². The molecule has 4 aromatic rings. The second-order valence-corrected chi connectivity index (χ2v) is 6.05. The Bertz CT molecular complexity index is 1300. The third-order valence-electron chi connectivity index (χ3n) is 4.28. The van der Waals surface area contributed by atoms with E-state index in [1.807, 2.05) is 18.2 Å². The molecule has 0 aliphatic rings. The molecule has 0 fully saturated rings. The fourth-order valence-corrected chi connectivity index (χ4v) is 3.00. The number of aromatic nitrogens is 4. The van der Waals surface area contributed by atoms with Gasteiger partial charge in [-0.15, -0.1) is 5.10 Å². The first kappa shape index (κ1) is 18.1. The lowest BCUT2D eigenvalue weighted by Crippen LogP contribution is -2.23. The predicted octanol–water partition coefficient (Wildman–Crippen LogP) is 2.60. The van der Waals surface area contributed by atoms with Gasteiger partial charge in [-0.25, -0.2) is 14.2 Å². The number of hydrogen-bond acceptors (Lipinski definition) is 6. The lowest BCUT2D eigenvalue weighted by atomic mass is 10.1. The molecule has 4 rings (SSSR count). The normalized spacial score (nSPS) is 10.6. The fraction of sp³-hybridized carbons (Fsp3) is 0.0952. The quantitative estimate of drug-likeness (QED) is 0.500. The molecule has 0 aliphatic heterocycles. The van der Waals surface area contributed by atoms with E-state index < -0.39 is 11.5 Å². The SMILES string of the molecule is CCOC(=O)c1nn(-c2ccccc2)c2nc(-c3ccccc3)c(C#N)c(=O)n12. The van der Waals surface area contributed by atoms with E-state index in [0.717, 1.165) is 4.40 Å². The Kier molecular flexibility index (Phi) is 4.63. The standard InChI is InChI=1S/C21H15N5O3/c1-2-29-20(28)18-24-26(15-11-7-4-8-12-15)21-23-17(14-9-5-3-6-10-14)16(13-22)19(27)25(18)21/h3-12H,2H2,1H3. The number of benzene rings is 2. The minimum absolute atomic E-state index is 0.113. The van der Waals surface area contributed by atoms with Crippen LogP contribution in [0.1, 0.15) is 23.1 Å². The van der Waals surface area contributed by atoms with Gasteiger partial charge in [-0.3, -0.25) is 4.79 Å². The molecule has 2 aromatic carbocycles. The average molecular weight is 385 g/mol. The van der Waals surface area contributed by atoms with E-state index in [1.54, 1.807) is 55.5 Å². The number of carbonyl (C=O) groups excluding carboxylic acids is 1. The van der Waals surface area contributed by atoms with Crippen molar-refractivity contribution in [2.75, 3.05) is 6.61 Å². The molecule has 2 aromatic heterocycles. The first-order chi connectivity index (χ1) is 14.2. The van der Waals surface area contributed by atoms with Gasteiger partial charge in [-0.2, -0.15) is 9.94 Å². The van der Waals surface area contributed by atoms with E-state index in [9.17, 15) is 14.9 Å². The van der Waals surface area contributed by atoms with Gasteiger partial charge in [0.05, 0.1) is 18.0 Å². The van der Waals surface area contributed by atoms with Gasteiger partial charge in [0.15, 0.2) is 0 Å². The average Bonchev–Trinajstić information content (AvgIpc) is 3.15. The van der Waals surface area contributed by atoms with Crippen LogP contribution in [0.25, 0.3) is 22.7 Å². The highest BCUT2D eigenvalue weighted by Crippen LogP contribution is 2.21. The number of rotatable bonds is 4. The summed E-state index contributed by atoms with van der Waals surface area (Å²) in [6, 6.07) is 19.8. The zero-order chi connectivity index (χ0) is 20.4. The minimum Gasteiger partial charge on any atom is -0.460 e. The largest absolute Gasteiger partial charge is 0.460 e. The molecule has 0 spiro atoms. The molecule has 0 amide bonds. The molecule has 8 nitrogen and oxygen atoms in total. The second-order valence-electron chi connectivity index (χ2n) is 6.05. The lowest BCUT2D eigenvalue weighted by Gasteiger charge is -2.06. The van der Waals surface area contributed by atoms with Crippen molar-refractivity contribution in [3.05, 3.63) is 82.4 Å². The Morgan fingerprint density at radius 1 is 1.10 bits per heavy atom. The summed E-state index contributed by atoms with van der Waals surface area (Å²) in [5.41, 5.74) is 0.595. The first-order valence-corrected chi connectivity index (χ1v) is 8.89. The number of para-hydroxylation sites is 1. The van der Waals surface area contributed by atoms with E-state index in [0.29, 0.717) is 11.3 Å². The Morgan fingerprint density at radius 3 is 2.38 bits per heavy atom. The summed E-state index contributed by atoms with van der Waals surface area (Å²) < 4.78 is 7.46. The summed E-state index contributed by atoms with van der Waals surface area (Å²) in [6.45, 7) is 1.78. The van der Waals surface area contributed by atoms with E-state index in [1.165, 1.54) is 4.68 Å². The molecule has 8 heteroatoms. The summed E-state index contributed by atoms with van der Waals surface area (Å²) >= 11 is 0. The summed E-state index contributed by atoms with van der Waals surface area (Å²) in [4.78, 5) is 30.2. The van der Waals surface area contributed by atoms with Crippen LogP contribution in [0.4, 0.5) is 0 Å². The molecule has 0 aliphatic carbocycles. The second kappa shape index (κ2) is 7.40. The smallest absolute Gasteiger partial charge is 0.376 e. The zero-order valence-corrected chi connectivity index (χ0v) is 15.4. The monoisotopic (exact) mass is 385 g/mol. The van der Waals surface area contributed by atoms with Crippen LogP contribution in [0.3, 0.4) is 0 Å². The number of fused-ring (bicyclic) bond motifs is 1. The molecule has 0 radical (unpaired) electrons. The van der Waals surface area contributed by atoms with Gasteiger partial charge in [-0.1, -0.05) is 48.5 Å². The van der Waals surface area contributed by atoms with Gasteiger partial charge < -0.3 is 4.74 Å². The summed E-state index contributed by atoms with van der Waals surface area (Å²) in [5, 5.41) is 13.9. The highest BCUT2D eigenvalue weighted by molar-refractivity contribution is 5.86. The Hall–Kier alpha value is -4.25. The molecule has 0 atom stereocenters. The molecule has 142 valence electrons. The van der Waals surface area contributed by atoms with Gasteiger partial charge >= 0.3 is 5.97 Å². The molecular formula is C21H15N5O3. The summed E-state index contributed by atoms with van der Waals surface area (Å²) in [7, 11) is 0. The predicted molar refractivity (Wildman–Crippen MR) is 105 cm³/mol. The van der Waals surface area contributed by atoms with Crippen LogP contribution in [-0.2, 0) is 4.74 Å². The van der Waals surface area contributed by atoms with Crippen molar-refractivity contribution in [3.63, 3.8) is 0 Å². The van der Waals surface area contributed by atoms with Gasteiger partial charge in [0.2, 0.25) is 11.6 Å². The molecule has 0 N–H and O–H groups in total. The van der Waals surface area contributed by atoms with E-state index in [4.69, 9.17) is 4.74 Å². The molecule has 0 saturated heterocycles. The van der Waals surface area contributed by atoms with Gasteiger partial charge in [0.1, 0.15) is 11.6 Å². The minimum atomic E-state index is -0.771. The molecule has 0 unspecified atom stereocenters. The maximum Gasteiger partial charge on any atom is 0.376 e. The lowest BCUT2D eigenvalue weighted by molar-refractivity contribution is 0.0509. The Labute approximate surface area is 165 Å². The molecule has 29 heavy (non-hydrogen) atoms. The van der Waals surface area contributed by atoms with E-state index in [2.05, 4.69) is 10.1 Å². The highest BCUT2D eigenvalue weighted by atomic mass is 16.5. The van der Waals surface area contributed by atoms with Crippen molar-refractivity contribution in [1.82, 2.24) is 19.2 Å². The van der Waals surface area contributed by atoms with Crippen molar-refractivity contribution in [1.29, 1.82) is 5.26 Å². The van der Waals surface area contributed by atoms with Crippen LogP contribution in [-0.4, -0.2) is 31.7 Å². The molecule has 0 saturated carbocycles. The number of hydrogen-bond donors (Lipinski definition) is 0. The number of carbonyl (C=O) groups is 1. The van der Waals surface area contributed by atoms with Crippen LogP contribution >= 0.6 is 0 Å². The molecular weight excluding hydrogens is 370 g/mol. The summed E-state index contributed by atoms with van der Waals surface area (Å²) in [6.07, 6.45) is 0. The number of nitrogens with zero attached hydrogens (tertiary/aromatic N) is 5. The van der Waals surface area contributed by atoms with Crippen molar-refractivity contribution in [2.45, 2.75) is 6.92 Å². The third kappa shape index (κ3) is 3.04. The van der Waals surface area contributed by atoms with Crippen LogP contribution < -0.4 is 5.56 Å². The first-order valence-electron chi connectivity index (χ1n) is 8.89. The third-order valence-corrected chi connectivity index (χ3v) is 4.28. The van der Waals surface area contributed by atoms with Crippen molar-refractivity contribution >= 4 is 11.7 Å². The number of nitriles is 1. The van der Waals surface area contributed by atoms with Crippen LogP contribution in [0.15, 0.2) is 65.5 Å². The summed E-state index contributed by atoms with van der Waals surface area (Å²) in [5.74, 6) is -0.895. The fourth-order valence-electron chi connectivity index (χ4n) is 3.00. The topological polar surface area (TPSA) is 102 Å². The zero-order valence-electron chi connectivity index (χ0n) is 15.4. The van der Waals surface area contributed by atoms with Crippen LogP contribution in [0.2, 0.25) is 0 Å². The van der Waals surface area contributed by atoms with E-state index >= 15 is 0 Å². The number of esters is 1. The Morgan fingerprint density at radius 2 is 1.76 bits per heavy atom. The maximum atomic E-state index is 13.2. The maximum absolute atomic E-state index is 13.2. The van der Waals surface area contributed by atoms with Crippen molar-refractivity contribution in [3.8, 4) is 23.0 Å². The molecule has 2 heterocycles. The van der Waals surface area contributed by atoms with Crippen molar-refractivity contribution in [2.24, 2.45) is 0 Å². The molecule has 0 bridgehead atoms. The van der Waals surface area contributed by atoms with Gasteiger partial charge in [0, 0.05) is 5.56 Å². The van der Waals surface area contributed by atoms with Crippen LogP contribution in [0.5, 0.6) is 0 Å². The Balaban J connectivity index is 2.12. The van der Waals surface area contributed by atoms with Crippen molar-refractivity contribution < 1.29 is 9.53 Å². The van der Waals surface area contributed by atoms with Crippen LogP contribution in [0, 0.1) is 11.3 Å². The van der Waals surface area contributed by atoms with E-state index in [-0.39, 0.29) is 29.5 Å². The number of ether oxygens (including phenoxy) is 1.